The van der Waals surface area contributed by atoms with Crippen LogP contribution in [0.15, 0.2) is 48.8 Å². The Morgan fingerprint density at radius 1 is 1.17 bits per heavy atom. The number of amides is 1. The molecule has 5 rings (SSSR count). The summed E-state index contributed by atoms with van der Waals surface area (Å²) in [7, 11) is 0. The number of benzene rings is 2. The largest absolute Gasteiger partial charge is 0.368 e. The number of carbonyl (C=O) groups is 1. The summed E-state index contributed by atoms with van der Waals surface area (Å²) in [5.74, 6) is 0.138. The highest BCUT2D eigenvalue weighted by Gasteiger charge is 2.28. The highest BCUT2D eigenvalue weighted by atomic mass is 19.1. The molecule has 1 aliphatic heterocycles. The second-order valence-corrected chi connectivity index (χ2v) is 7.11. The van der Waals surface area contributed by atoms with E-state index in [0.717, 1.165) is 22.2 Å². The van der Waals surface area contributed by atoms with Crippen LogP contribution in [-0.4, -0.2) is 50.1 Å². The number of fused-ring (bicyclic) bond motifs is 2. The van der Waals surface area contributed by atoms with Gasteiger partial charge >= 0.3 is 0 Å². The molecule has 3 heterocycles. The zero-order chi connectivity index (χ0) is 20.0. The summed E-state index contributed by atoms with van der Waals surface area (Å²) < 4.78 is 21.0. The molecule has 1 aliphatic rings. The Kier molecular flexibility index (Phi) is 4.21. The Morgan fingerprint density at radius 2 is 2.00 bits per heavy atom. The van der Waals surface area contributed by atoms with Crippen LogP contribution < -0.4 is 0 Å². The van der Waals surface area contributed by atoms with Gasteiger partial charge in [-0.25, -0.2) is 9.37 Å². The fraction of sp³-hybridized carbons (Fsp3) is 0.238. The first-order chi connectivity index (χ1) is 14.1. The molecular formula is C21H18FN5O2. The Labute approximate surface area is 165 Å². The minimum Gasteiger partial charge on any atom is -0.368 e. The second kappa shape index (κ2) is 6.89. The number of ether oxygens (including phenoxy) is 1. The van der Waals surface area contributed by atoms with E-state index in [1.54, 1.807) is 33.7 Å². The van der Waals surface area contributed by atoms with Crippen LogP contribution in [0.4, 0.5) is 4.39 Å². The molecule has 0 aliphatic carbocycles. The van der Waals surface area contributed by atoms with Crippen molar-refractivity contribution in [3.05, 3.63) is 71.6 Å². The number of hydrogen-bond acceptors (Lipinski definition) is 5. The number of aryl methyl sites for hydroxylation is 1. The summed E-state index contributed by atoms with van der Waals surface area (Å²) in [6.45, 7) is 3.22. The minimum atomic E-state index is -0.326. The molecule has 7 nitrogen and oxygen atoms in total. The van der Waals surface area contributed by atoms with Gasteiger partial charge in [0.1, 0.15) is 18.2 Å². The second-order valence-electron chi connectivity index (χ2n) is 7.11. The smallest absolute Gasteiger partial charge is 0.254 e. The summed E-state index contributed by atoms with van der Waals surface area (Å²) in [6, 6.07) is 11.8. The average molecular weight is 391 g/mol. The molecule has 1 atom stereocenters. The summed E-state index contributed by atoms with van der Waals surface area (Å²) in [4.78, 5) is 23.4. The number of nitrogens with zero attached hydrogens (tertiary/aromatic N) is 5. The van der Waals surface area contributed by atoms with Crippen molar-refractivity contribution in [3.63, 3.8) is 0 Å². The number of carbonyl (C=O) groups excluding carboxylic acids is 1. The van der Waals surface area contributed by atoms with Gasteiger partial charge in [-0.1, -0.05) is 12.1 Å². The maximum absolute atomic E-state index is 13.4. The zero-order valence-electron chi connectivity index (χ0n) is 15.7. The van der Waals surface area contributed by atoms with Gasteiger partial charge < -0.3 is 9.64 Å². The molecule has 0 spiro atoms. The standard InChI is InChI=1S/C21H18FN5O2/c1-13-8-18(27-21(25-13)23-12-24-27)19-11-26(6-7-29-19)20(28)16-3-2-15-10-17(22)5-4-14(15)9-16/h2-5,8-10,12,19H,6-7,11H2,1H3. The Morgan fingerprint density at radius 3 is 2.90 bits per heavy atom. The topological polar surface area (TPSA) is 72.6 Å². The number of rotatable bonds is 2. The lowest BCUT2D eigenvalue weighted by atomic mass is 10.1. The van der Waals surface area contributed by atoms with Gasteiger partial charge in [-0.2, -0.15) is 14.6 Å². The van der Waals surface area contributed by atoms with Crippen LogP contribution in [0.2, 0.25) is 0 Å². The third-order valence-corrected chi connectivity index (χ3v) is 5.14. The van der Waals surface area contributed by atoms with E-state index in [2.05, 4.69) is 15.1 Å². The van der Waals surface area contributed by atoms with Gasteiger partial charge in [0, 0.05) is 17.8 Å². The fourth-order valence-electron chi connectivity index (χ4n) is 3.73. The highest BCUT2D eigenvalue weighted by molar-refractivity contribution is 5.98. The van der Waals surface area contributed by atoms with Crippen molar-refractivity contribution in [3.8, 4) is 0 Å². The number of aromatic nitrogens is 4. The lowest BCUT2D eigenvalue weighted by Crippen LogP contribution is -2.42. The van der Waals surface area contributed by atoms with Crippen molar-refractivity contribution in [2.75, 3.05) is 19.7 Å². The van der Waals surface area contributed by atoms with E-state index in [4.69, 9.17) is 4.74 Å². The van der Waals surface area contributed by atoms with Gasteiger partial charge in [0.2, 0.25) is 0 Å². The molecular weight excluding hydrogens is 373 g/mol. The van der Waals surface area contributed by atoms with E-state index in [9.17, 15) is 9.18 Å². The first-order valence-electron chi connectivity index (χ1n) is 9.36. The molecule has 1 amide bonds. The molecule has 146 valence electrons. The predicted octanol–water partition coefficient (Wildman–Crippen LogP) is 2.94. The van der Waals surface area contributed by atoms with Gasteiger partial charge in [0.15, 0.2) is 0 Å². The molecule has 4 aromatic rings. The van der Waals surface area contributed by atoms with E-state index in [-0.39, 0.29) is 17.8 Å². The quantitative estimate of drug-likeness (QED) is 0.525. The van der Waals surface area contributed by atoms with Gasteiger partial charge in [0.05, 0.1) is 18.8 Å². The Hall–Kier alpha value is -3.39. The van der Waals surface area contributed by atoms with E-state index in [1.165, 1.54) is 18.5 Å². The van der Waals surface area contributed by atoms with Crippen LogP contribution in [0, 0.1) is 12.7 Å². The van der Waals surface area contributed by atoms with E-state index in [1.807, 2.05) is 13.0 Å². The zero-order valence-corrected chi connectivity index (χ0v) is 15.7. The molecule has 0 saturated carbocycles. The van der Waals surface area contributed by atoms with Gasteiger partial charge in [-0.05, 0) is 48.0 Å². The van der Waals surface area contributed by atoms with Crippen LogP contribution in [0.5, 0.6) is 0 Å². The van der Waals surface area contributed by atoms with Crippen molar-refractivity contribution < 1.29 is 13.9 Å². The molecule has 8 heteroatoms. The first-order valence-corrected chi connectivity index (χ1v) is 9.36. The summed E-state index contributed by atoms with van der Waals surface area (Å²) in [5, 5.41) is 5.83. The van der Waals surface area contributed by atoms with Crippen LogP contribution in [0.1, 0.15) is 27.8 Å². The Balaban J connectivity index is 1.43. The number of hydrogen-bond donors (Lipinski definition) is 0. The van der Waals surface area contributed by atoms with E-state index >= 15 is 0 Å². The van der Waals surface area contributed by atoms with Crippen LogP contribution in [0.25, 0.3) is 16.6 Å². The van der Waals surface area contributed by atoms with Crippen molar-refractivity contribution in [1.29, 1.82) is 0 Å². The molecule has 1 fully saturated rings. The third kappa shape index (κ3) is 3.21. The molecule has 2 aromatic heterocycles. The average Bonchev–Trinajstić information content (AvgIpc) is 3.20. The summed E-state index contributed by atoms with van der Waals surface area (Å²) in [6.07, 6.45) is 1.13. The summed E-state index contributed by atoms with van der Waals surface area (Å²) >= 11 is 0. The van der Waals surface area contributed by atoms with Crippen molar-refractivity contribution in [1.82, 2.24) is 24.5 Å². The van der Waals surface area contributed by atoms with Crippen molar-refractivity contribution in [2.24, 2.45) is 0 Å². The molecule has 1 unspecified atom stereocenters. The lowest BCUT2D eigenvalue weighted by molar-refractivity contribution is -0.0257. The fourth-order valence-corrected chi connectivity index (χ4v) is 3.73. The van der Waals surface area contributed by atoms with E-state index in [0.29, 0.717) is 31.0 Å². The monoisotopic (exact) mass is 391 g/mol. The molecule has 0 bridgehead atoms. The predicted molar refractivity (Wildman–Crippen MR) is 104 cm³/mol. The number of halogens is 1. The Bertz CT molecular complexity index is 1240. The van der Waals surface area contributed by atoms with Crippen molar-refractivity contribution >= 4 is 22.5 Å². The van der Waals surface area contributed by atoms with Gasteiger partial charge in [0.25, 0.3) is 11.7 Å². The molecule has 2 aromatic carbocycles. The molecule has 0 radical (unpaired) electrons. The lowest BCUT2D eigenvalue weighted by Gasteiger charge is -2.33. The van der Waals surface area contributed by atoms with Crippen molar-refractivity contribution in [2.45, 2.75) is 13.0 Å². The molecule has 1 saturated heterocycles. The molecule has 29 heavy (non-hydrogen) atoms. The maximum Gasteiger partial charge on any atom is 0.254 e. The van der Waals surface area contributed by atoms with Crippen LogP contribution in [0.3, 0.4) is 0 Å². The molecule has 0 N–H and O–H groups in total. The SMILES string of the molecule is Cc1cc(C2CN(C(=O)c3ccc4cc(F)ccc4c3)CCO2)n2ncnc2n1. The van der Waals surface area contributed by atoms with Crippen LogP contribution in [-0.2, 0) is 4.74 Å². The normalized spacial score (nSPS) is 17.2. The summed E-state index contributed by atoms with van der Waals surface area (Å²) in [5.41, 5.74) is 2.20. The highest BCUT2D eigenvalue weighted by Crippen LogP contribution is 2.25. The third-order valence-electron chi connectivity index (χ3n) is 5.14. The maximum atomic E-state index is 13.4. The van der Waals surface area contributed by atoms with Gasteiger partial charge in [-0.3, -0.25) is 4.79 Å². The number of morpholine rings is 1. The van der Waals surface area contributed by atoms with E-state index < -0.39 is 0 Å². The minimum absolute atomic E-state index is 0.0786. The van der Waals surface area contributed by atoms with Crippen LogP contribution >= 0.6 is 0 Å². The first kappa shape index (κ1) is 17.7. The van der Waals surface area contributed by atoms with Gasteiger partial charge in [-0.15, -0.1) is 0 Å².